The molecular formula is C4H2N2. The first-order valence-corrected chi connectivity index (χ1v) is 1.50. The Kier molecular flexibility index (Phi) is 0.604. The monoisotopic (exact) mass is 78.0 g/mol. The smallest absolute Gasteiger partial charge is 0.0415 e. The third kappa shape index (κ3) is 0.361. The van der Waals surface area contributed by atoms with Gasteiger partial charge in [-0.3, -0.25) is 10.6 Å². The van der Waals surface area contributed by atoms with Gasteiger partial charge in [-0.15, -0.1) is 0 Å². The van der Waals surface area contributed by atoms with Crippen molar-refractivity contribution in [2.75, 3.05) is 0 Å². The summed E-state index contributed by atoms with van der Waals surface area (Å²) in [5.41, 5.74) is 0. The zero-order valence-corrected chi connectivity index (χ0v) is 3.00. The van der Waals surface area contributed by atoms with Gasteiger partial charge in [-0.05, 0) is 0 Å². The fourth-order valence-electron chi connectivity index (χ4n) is 0.188. The van der Waals surface area contributed by atoms with Gasteiger partial charge in [0.1, 0.15) is 0 Å². The van der Waals surface area contributed by atoms with Gasteiger partial charge in [0.2, 0.25) is 0 Å². The molecule has 0 amide bonds. The van der Waals surface area contributed by atoms with Gasteiger partial charge in [0.15, 0.2) is 0 Å². The Balaban J connectivity index is 2.57. The Morgan fingerprint density at radius 1 is 0.667 bits per heavy atom. The average Bonchev–Trinajstić information content (AvgIpc) is 1.72. The minimum atomic E-state index is 2.50. The van der Waals surface area contributed by atoms with Gasteiger partial charge in [0.25, 0.3) is 0 Å². The van der Waals surface area contributed by atoms with Crippen LogP contribution in [-0.2, 0) is 0 Å². The van der Waals surface area contributed by atoms with Gasteiger partial charge in [-0.2, -0.15) is 0 Å². The normalized spacial score (nSPS) is 10.7. The first kappa shape index (κ1) is 2.93. The molecule has 1 aliphatic heterocycles. The van der Waals surface area contributed by atoms with E-state index in [4.69, 9.17) is 0 Å². The van der Waals surface area contributed by atoms with Crippen LogP contribution < -0.4 is 10.6 Å². The van der Waals surface area contributed by atoms with E-state index >= 15 is 0 Å². The van der Waals surface area contributed by atoms with Crippen molar-refractivity contribution in [1.29, 1.82) is 0 Å². The standard InChI is InChI=1S/C4H2N2/c1-2-6-4-3-5-1/h5-6H. The van der Waals surface area contributed by atoms with Crippen LogP contribution in [0.1, 0.15) is 0 Å². The highest BCUT2D eigenvalue weighted by Gasteiger charge is 1.66. The van der Waals surface area contributed by atoms with E-state index in [2.05, 4.69) is 34.8 Å². The van der Waals surface area contributed by atoms with Crippen molar-refractivity contribution in [3.8, 4) is 24.2 Å². The lowest BCUT2D eigenvalue weighted by Crippen LogP contribution is -2.06. The summed E-state index contributed by atoms with van der Waals surface area (Å²) in [6.45, 7) is 0. The van der Waals surface area contributed by atoms with E-state index in [-0.39, 0.29) is 0 Å². The molecule has 1 rings (SSSR count). The molecule has 0 bridgehead atoms. The molecule has 2 heteroatoms. The fourth-order valence-corrected chi connectivity index (χ4v) is 0.188. The second-order valence-corrected chi connectivity index (χ2v) is 0.750. The molecule has 1 heterocycles. The molecule has 0 radical (unpaired) electrons. The maximum Gasteiger partial charge on any atom is 0.0415 e. The summed E-state index contributed by atoms with van der Waals surface area (Å²) in [7, 11) is 0. The van der Waals surface area contributed by atoms with E-state index in [0.29, 0.717) is 0 Å². The molecule has 2 N–H and O–H groups in total. The molecule has 0 unspecified atom stereocenters. The Morgan fingerprint density at radius 3 is 1.17 bits per heavy atom. The number of nitrogens with one attached hydrogen (secondary N) is 2. The van der Waals surface area contributed by atoms with Gasteiger partial charge in [0, 0.05) is 24.2 Å². The molecule has 2 nitrogen and oxygen atoms in total. The van der Waals surface area contributed by atoms with Gasteiger partial charge >= 0.3 is 0 Å². The van der Waals surface area contributed by atoms with Gasteiger partial charge in [-0.25, -0.2) is 0 Å². The molecular weight excluding hydrogens is 76.1 g/mol. The first-order valence-electron chi connectivity index (χ1n) is 1.50. The Morgan fingerprint density at radius 2 is 1.00 bits per heavy atom. The van der Waals surface area contributed by atoms with Gasteiger partial charge < -0.3 is 0 Å². The molecule has 0 saturated heterocycles. The fraction of sp³-hybridized carbons (Fsp3) is 0. The van der Waals surface area contributed by atoms with E-state index in [0.717, 1.165) is 0 Å². The van der Waals surface area contributed by atoms with Crippen LogP contribution in [0.15, 0.2) is 0 Å². The van der Waals surface area contributed by atoms with Crippen molar-refractivity contribution in [2.45, 2.75) is 0 Å². The molecule has 0 fully saturated rings. The van der Waals surface area contributed by atoms with E-state index < -0.39 is 0 Å². The first-order chi connectivity index (χ1) is 3.00. The molecule has 28 valence electrons. The molecule has 6 heavy (non-hydrogen) atoms. The van der Waals surface area contributed by atoms with Crippen molar-refractivity contribution in [2.24, 2.45) is 0 Å². The summed E-state index contributed by atoms with van der Waals surface area (Å²) in [5, 5.41) is 5.00. The minimum absolute atomic E-state index is 2.50. The zero-order valence-electron chi connectivity index (χ0n) is 3.00. The highest BCUT2D eigenvalue weighted by atomic mass is 14.9. The molecule has 0 aromatic heterocycles. The summed E-state index contributed by atoms with van der Waals surface area (Å²) < 4.78 is 0. The molecule has 0 spiro atoms. The molecule has 1 aliphatic rings. The maximum atomic E-state index is 2.50. The van der Waals surface area contributed by atoms with Crippen molar-refractivity contribution in [3.05, 3.63) is 0 Å². The third-order valence-corrected chi connectivity index (χ3v) is 0.375. The van der Waals surface area contributed by atoms with Crippen LogP contribution in [0.25, 0.3) is 0 Å². The summed E-state index contributed by atoms with van der Waals surface area (Å²) >= 11 is 0. The highest BCUT2D eigenvalue weighted by Crippen LogP contribution is 1.49. The average molecular weight is 78.1 g/mol. The molecule has 0 atom stereocenters. The van der Waals surface area contributed by atoms with Crippen LogP contribution in [0, 0.1) is 24.2 Å². The van der Waals surface area contributed by atoms with Crippen molar-refractivity contribution in [3.63, 3.8) is 0 Å². The lowest BCUT2D eigenvalue weighted by atomic mass is 10.8. The summed E-state index contributed by atoms with van der Waals surface area (Å²) in [4.78, 5) is 0. The number of rotatable bonds is 0. The van der Waals surface area contributed by atoms with Crippen molar-refractivity contribution in [1.82, 2.24) is 10.6 Å². The summed E-state index contributed by atoms with van der Waals surface area (Å²) in [5.74, 6) is 0. The second-order valence-electron chi connectivity index (χ2n) is 0.750. The molecule has 0 aliphatic carbocycles. The summed E-state index contributed by atoms with van der Waals surface area (Å²) in [6.07, 6.45) is 0. The van der Waals surface area contributed by atoms with Crippen LogP contribution in [0.4, 0.5) is 0 Å². The van der Waals surface area contributed by atoms with E-state index in [1.54, 1.807) is 0 Å². The topological polar surface area (TPSA) is 24.1 Å². The van der Waals surface area contributed by atoms with Crippen molar-refractivity contribution < 1.29 is 0 Å². The lowest BCUT2D eigenvalue weighted by Gasteiger charge is -1.82. The molecule has 0 saturated carbocycles. The maximum absolute atomic E-state index is 2.50. The predicted octanol–water partition coefficient (Wildman–Crippen LogP) is -0.984. The van der Waals surface area contributed by atoms with Gasteiger partial charge in [-0.1, -0.05) is 0 Å². The van der Waals surface area contributed by atoms with E-state index in [9.17, 15) is 0 Å². The molecule has 0 aromatic rings. The SMILES string of the molecule is C1#CNC#CN1. The Hall–Kier alpha value is -1.28. The third-order valence-electron chi connectivity index (χ3n) is 0.375. The Bertz CT molecular complexity index is 118. The summed E-state index contributed by atoms with van der Waals surface area (Å²) in [6, 6.07) is 10.0. The quantitative estimate of drug-likeness (QED) is 0.364. The minimum Gasteiger partial charge on any atom is -0.271 e. The van der Waals surface area contributed by atoms with Crippen LogP contribution in [0.3, 0.4) is 0 Å². The van der Waals surface area contributed by atoms with E-state index in [1.807, 2.05) is 0 Å². The zero-order chi connectivity index (χ0) is 4.24. The second kappa shape index (κ2) is 1.24. The predicted molar refractivity (Wildman–Crippen MR) is 21.8 cm³/mol. The van der Waals surface area contributed by atoms with Crippen LogP contribution in [0.2, 0.25) is 0 Å². The molecule has 0 aromatic carbocycles. The largest absolute Gasteiger partial charge is 0.271 e. The van der Waals surface area contributed by atoms with Crippen LogP contribution in [-0.4, -0.2) is 0 Å². The van der Waals surface area contributed by atoms with Gasteiger partial charge in [0.05, 0.1) is 0 Å². The van der Waals surface area contributed by atoms with Crippen LogP contribution >= 0.6 is 0 Å². The lowest BCUT2D eigenvalue weighted by molar-refractivity contribution is 1.22. The van der Waals surface area contributed by atoms with Crippen LogP contribution in [0.5, 0.6) is 0 Å². The van der Waals surface area contributed by atoms with E-state index in [1.165, 1.54) is 0 Å². The van der Waals surface area contributed by atoms with Crippen molar-refractivity contribution >= 4 is 0 Å². The number of hydrogen-bond acceptors (Lipinski definition) is 2. The Labute approximate surface area is 35.9 Å². The highest BCUT2D eigenvalue weighted by molar-refractivity contribution is 5.14. The number of hydrogen-bond donors (Lipinski definition) is 2.